The van der Waals surface area contributed by atoms with E-state index < -0.39 is 7.67 Å². The predicted molar refractivity (Wildman–Crippen MR) is 59.2 cm³/mol. The molecular weight excluding hydrogens is 246 g/mol. The Bertz CT molecular complexity index is 224. The Morgan fingerprint density at radius 3 is 2.43 bits per heavy atom. The second-order valence-electron chi connectivity index (χ2n) is 3.13. The van der Waals surface area contributed by atoms with Crippen molar-refractivity contribution < 1.29 is 9.09 Å². The second-order valence-corrected chi connectivity index (χ2v) is 6.02. The first-order valence-corrected chi connectivity index (χ1v) is 7.18. The number of alkyl halides is 2. The third-order valence-corrected chi connectivity index (χ3v) is 4.67. The van der Waals surface area contributed by atoms with Crippen LogP contribution in [-0.4, -0.2) is 42.2 Å². The van der Waals surface area contributed by atoms with Crippen LogP contribution in [-0.2, 0) is 9.09 Å². The van der Waals surface area contributed by atoms with Gasteiger partial charge in [0.2, 0.25) is 0 Å². The first-order chi connectivity index (χ1) is 6.62. The number of nitrogens with zero attached hydrogens (tertiary/aromatic N) is 1. The van der Waals surface area contributed by atoms with E-state index in [4.69, 9.17) is 27.7 Å². The molecule has 0 aliphatic carbocycles. The number of rotatable bonds is 5. The lowest BCUT2D eigenvalue weighted by molar-refractivity contribution is 0.236. The molecule has 0 bridgehead atoms. The summed E-state index contributed by atoms with van der Waals surface area (Å²) in [6, 6.07) is 0. The molecule has 0 spiro atoms. The van der Waals surface area contributed by atoms with E-state index in [9.17, 15) is 4.57 Å². The van der Waals surface area contributed by atoms with Crippen LogP contribution >= 0.6 is 30.9 Å². The Kier molecular flexibility index (Phi) is 5.18. The van der Waals surface area contributed by atoms with Crippen molar-refractivity contribution in [3.05, 3.63) is 0 Å². The van der Waals surface area contributed by atoms with Crippen LogP contribution in [0.4, 0.5) is 0 Å². The number of hydrogen-bond donors (Lipinski definition) is 1. The van der Waals surface area contributed by atoms with Gasteiger partial charge < -0.3 is 4.52 Å². The molecule has 1 heterocycles. The van der Waals surface area contributed by atoms with Crippen molar-refractivity contribution in [2.45, 2.75) is 13.0 Å². The van der Waals surface area contributed by atoms with E-state index in [1.165, 1.54) is 0 Å². The third-order valence-electron chi connectivity index (χ3n) is 1.96. The molecule has 0 aromatic carbocycles. The Balaban J connectivity index is 2.61. The summed E-state index contributed by atoms with van der Waals surface area (Å²) in [7, 11) is -2.85. The molecule has 7 heteroatoms. The van der Waals surface area contributed by atoms with Crippen molar-refractivity contribution in [2.24, 2.45) is 0 Å². The molecule has 14 heavy (non-hydrogen) atoms. The maximum Gasteiger partial charge on any atom is 0.343 e. The molecule has 0 radical (unpaired) electrons. The zero-order valence-electron chi connectivity index (χ0n) is 8.08. The van der Waals surface area contributed by atoms with Crippen LogP contribution < -0.4 is 5.09 Å². The second kappa shape index (κ2) is 5.69. The lowest BCUT2D eigenvalue weighted by Gasteiger charge is -2.25. The molecule has 1 aliphatic rings. The summed E-state index contributed by atoms with van der Waals surface area (Å²) in [5.74, 6) is 0.834. The largest absolute Gasteiger partial charge is 0.343 e. The smallest absolute Gasteiger partial charge is 0.302 e. The minimum atomic E-state index is -2.85. The molecule has 0 aromatic heterocycles. The Hall–Kier alpha value is 0.690. The molecule has 0 amide bonds. The van der Waals surface area contributed by atoms with Crippen molar-refractivity contribution in [3.8, 4) is 0 Å². The highest BCUT2D eigenvalue weighted by atomic mass is 35.5. The van der Waals surface area contributed by atoms with Crippen LogP contribution in [0.5, 0.6) is 0 Å². The molecule has 0 aromatic rings. The van der Waals surface area contributed by atoms with Crippen LogP contribution in [0, 0.1) is 0 Å². The van der Waals surface area contributed by atoms with Gasteiger partial charge >= 0.3 is 7.67 Å². The maximum absolute atomic E-state index is 12.2. The highest BCUT2D eigenvalue weighted by Gasteiger charge is 2.38. The molecular formula is C7H15Cl2N2O2P. The SMILES string of the molecule is C[C@@H]1CN[P@](=O)(N(CCCl)CCCl)O1. The summed E-state index contributed by atoms with van der Waals surface area (Å²) >= 11 is 11.2. The van der Waals surface area contributed by atoms with Crippen LogP contribution in [0.2, 0.25) is 0 Å². The fraction of sp³-hybridized carbons (Fsp3) is 1.00. The van der Waals surface area contributed by atoms with Gasteiger partial charge in [-0.3, -0.25) is 4.57 Å². The molecule has 1 aliphatic heterocycles. The zero-order chi connectivity index (χ0) is 10.6. The van der Waals surface area contributed by atoms with E-state index in [1.54, 1.807) is 4.67 Å². The van der Waals surface area contributed by atoms with Crippen molar-refractivity contribution in [1.82, 2.24) is 9.76 Å². The van der Waals surface area contributed by atoms with Crippen molar-refractivity contribution >= 4 is 30.9 Å². The number of halogens is 2. The highest BCUT2D eigenvalue weighted by molar-refractivity contribution is 7.54. The molecule has 4 nitrogen and oxygen atoms in total. The van der Waals surface area contributed by atoms with Gasteiger partial charge in [0.25, 0.3) is 0 Å². The summed E-state index contributed by atoms with van der Waals surface area (Å²) in [5, 5.41) is 2.89. The minimum Gasteiger partial charge on any atom is -0.302 e. The van der Waals surface area contributed by atoms with Gasteiger partial charge in [0, 0.05) is 31.4 Å². The summed E-state index contributed by atoms with van der Waals surface area (Å²) in [4.78, 5) is 0. The van der Waals surface area contributed by atoms with E-state index in [0.29, 0.717) is 31.4 Å². The van der Waals surface area contributed by atoms with Crippen molar-refractivity contribution in [2.75, 3.05) is 31.4 Å². The lowest BCUT2D eigenvalue weighted by atomic mass is 10.4. The Morgan fingerprint density at radius 2 is 2.07 bits per heavy atom. The normalized spacial score (nSPS) is 32.7. The van der Waals surface area contributed by atoms with Gasteiger partial charge in [-0.1, -0.05) is 0 Å². The fourth-order valence-corrected chi connectivity index (χ4v) is 4.13. The quantitative estimate of drug-likeness (QED) is 0.606. The van der Waals surface area contributed by atoms with E-state index in [2.05, 4.69) is 5.09 Å². The lowest BCUT2D eigenvalue weighted by Crippen LogP contribution is -2.29. The van der Waals surface area contributed by atoms with E-state index in [-0.39, 0.29) is 6.10 Å². The van der Waals surface area contributed by atoms with Gasteiger partial charge in [0.05, 0.1) is 6.10 Å². The van der Waals surface area contributed by atoms with Gasteiger partial charge in [-0.25, -0.2) is 9.76 Å². The summed E-state index contributed by atoms with van der Waals surface area (Å²) in [6.45, 7) is 3.53. The third kappa shape index (κ3) is 3.09. The average molecular weight is 261 g/mol. The molecule has 0 unspecified atom stereocenters. The molecule has 0 saturated carbocycles. The van der Waals surface area contributed by atoms with Crippen LogP contribution in [0.15, 0.2) is 0 Å². The van der Waals surface area contributed by atoms with Crippen LogP contribution in [0.25, 0.3) is 0 Å². The van der Waals surface area contributed by atoms with Gasteiger partial charge in [-0.2, -0.15) is 0 Å². The molecule has 2 atom stereocenters. The first kappa shape index (κ1) is 12.8. The van der Waals surface area contributed by atoms with E-state index in [1.807, 2.05) is 6.92 Å². The average Bonchev–Trinajstić information content (AvgIpc) is 2.47. The van der Waals surface area contributed by atoms with E-state index >= 15 is 0 Å². The van der Waals surface area contributed by atoms with E-state index in [0.717, 1.165) is 0 Å². The summed E-state index contributed by atoms with van der Waals surface area (Å²) in [6.07, 6.45) is -0.0195. The van der Waals surface area contributed by atoms with Gasteiger partial charge in [0.15, 0.2) is 0 Å². The summed E-state index contributed by atoms with van der Waals surface area (Å²) in [5.41, 5.74) is 0. The van der Waals surface area contributed by atoms with Crippen LogP contribution in [0.3, 0.4) is 0 Å². The molecule has 1 saturated heterocycles. The maximum atomic E-state index is 12.2. The Labute approximate surface area is 94.4 Å². The monoisotopic (exact) mass is 260 g/mol. The predicted octanol–water partition coefficient (Wildman–Crippen LogP) is 1.88. The zero-order valence-corrected chi connectivity index (χ0v) is 10.5. The van der Waals surface area contributed by atoms with Crippen molar-refractivity contribution in [1.29, 1.82) is 0 Å². The summed E-state index contributed by atoms with van der Waals surface area (Å²) < 4.78 is 19.2. The number of nitrogens with one attached hydrogen (secondary N) is 1. The molecule has 1 fully saturated rings. The highest BCUT2D eigenvalue weighted by Crippen LogP contribution is 2.50. The first-order valence-electron chi connectivity index (χ1n) is 4.53. The fourth-order valence-electron chi connectivity index (χ4n) is 1.30. The van der Waals surface area contributed by atoms with Crippen LogP contribution in [0.1, 0.15) is 6.92 Å². The molecule has 84 valence electrons. The molecule has 1 N–H and O–H groups in total. The Morgan fingerprint density at radius 1 is 1.50 bits per heavy atom. The van der Waals surface area contributed by atoms with Gasteiger partial charge in [-0.05, 0) is 6.92 Å². The van der Waals surface area contributed by atoms with Crippen molar-refractivity contribution in [3.63, 3.8) is 0 Å². The molecule has 1 rings (SSSR count). The van der Waals surface area contributed by atoms with Gasteiger partial charge in [-0.15, -0.1) is 23.2 Å². The van der Waals surface area contributed by atoms with Gasteiger partial charge in [0.1, 0.15) is 0 Å². The topological polar surface area (TPSA) is 41.6 Å². The standard InChI is InChI=1S/C7H15Cl2N2O2P/c1-7-6-10-14(12,13-7)11(4-2-8)5-3-9/h7H,2-6H2,1H3,(H,10,12)/t7-,14-/m1/s1. The number of hydrogen-bond acceptors (Lipinski definition) is 2. The minimum absolute atomic E-state index is 0.0195.